The number of aromatic nitrogens is 1. The van der Waals surface area contributed by atoms with E-state index in [9.17, 15) is 9.59 Å². The fourth-order valence-corrected chi connectivity index (χ4v) is 4.71. The number of hydrogen-bond donors (Lipinski definition) is 0. The first-order valence-electron chi connectivity index (χ1n) is 11.5. The van der Waals surface area contributed by atoms with Crippen LogP contribution >= 0.6 is 0 Å². The molecular weight excluding hydrogens is 398 g/mol. The summed E-state index contributed by atoms with van der Waals surface area (Å²) in [5.41, 5.74) is 5.17. The third-order valence-corrected chi connectivity index (χ3v) is 6.46. The Hall–Kier alpha value is -3.34. The van der Waals surface area contributed by atoms with Crippen molar-refractivity contribution in [2.75, 3.05) is 11.4 Å². The summed E-state index contributed by atoms with van der Waals surface area (Å²) in [4.78, 5) is 30.4. The van der Waals surface area contributed by atoms with E-state index >= 15 is 0 Å². The highest BCUT2D eigenvalue weighted by Gasteiger charge is 2.39. The second-order valence-electron chi connectivity index (χ2n) is 8.87. The highest BCUT2D eigenvalue weighted by Crippen LogP contribution is 2.42. The summed E-state index contributed by atoms with van der Waals surface area (Å²) in [6.07, 6.45) is 5.32. The average Bonchev–Trinajstić information content (AvgIpc) is 3.52. The molecule has 0 radical (unpaired) electrons. The van der Waals surface area contributed by atoms with Gasteiger partial charge in [-0.25, -0.2) is 0 Å². The molecule has 5 heteroatoms. The molecule has 1 aliphatic carbocycles. The van der Waals surface area contributed by atoms with Crippen LogP contribution in [0.2, 0.25) is 0 Å². The SMILES string of the molecule is CCCC(=O)N(CC(=O)N1c2ccccc2-n2cccc2C1c1ccc(C)cc1)C1CC1. The first kappa shape index (κ1) is 20.6. The molecule has 0 N–H and O–H groups in total. The van der Waals surface area contributed by atoms with E-state index in [4.69, 9.17) is 0 Å². The van der Waals surface area contributed by atoms with Crippen molar-refractivity contribution in [3.8, 4) is 5.69 Å². The van der Waals surface area contributed by atoms with Crippen LogP contribution in [0.4, 0.5) is 5.69 Å². The Kier molecular flexibility index (Phi) is 5.33. The van der Waals surface area contributed by atoms with Crippen LogP contribution in [0.1, 0.15) is 55.5 Å². The van der Waals surface area contributed by atoms with Crippen LogP contribution in [0.3, 0.4) is 0 Å². The molecule has 0 spiro atoms. The molecule has 5 rings (SSSR count). The first-order valence-corrected chi connectivity index (χ1v) is 11.5. The van der Waals surface area contributed by atoms with Crippen LogP contribution in [0.5, 0.6) is 0 Å². The van der Waals surface area contributed by atoms with Crippen molar-refractivity contribution in [2.45, 2.75) is 51.6 Å². The Bertz CT molecular complexity index is 1140. The average molecular weight is 428 g/mol. The Labute approximate surface area is 189 Å². The van der Waals surface area contributed by atoms with Gasteiger partial charge < -0.3 is 9.47 Å². The molecule has 1 unspecified atom stereocenters. The van der Waals surface area contributed by atoms with Gasteiger partial charge >= 0.3 is 0 Å². The molecule has 2 heterocycles. The van der Waals surface area contributed by atoms with Gasteiger partial charge in [-0.2, -0.15) is 0 Å². The van der Waals surface area contributed by atoms with E-state index in [0.717, 1.165) is 41.9 Å². The Balaban J connectivity index is 1.58. The minimum atomic E-state index is -0.240. The fraction of sp³-hybridized carbons (Fsp3) is 0.333. The van der Waals surface area contributed by atoms with E-state index in [1.165, 1.54) is 5.56 Å². The maximum Gasteiger partial charge on any atom is 0.247 e. The van der Waals surface area contributed by atoms with Gasteiger partial charge in [-0.3, -0.25) is 14.5 Å². The number of para-hydroxylation sites is 2. The van der Waals surface area contributed by atoms with Gasteiger partial charge in [0.15, 0.2) is 0 Å². The molecule has 1 fully saturated rings. The lowest BCUT2D eigenvalue weighted by molar-refractivity contribution is -0.136. The lowest BCUT2D eigenvalue weighted by atomic mass is 9.97. The molecule has 1 aromatic heterocycles. The van der Waals surface area contributed by atoms with E-state index in [1.807, 2.05) is 47.1 Å². The number of hydrogen-bond acceptors (Lipinski definition) is 2. The molecule has 2 aromatic carbocycles. The minimum absolute atomic E-state index is 0.0353. The van der Waals surface area contributed by atoms with Crippen LogP contribution in [0, 0.1) is 6.92 Å². The predicted molar refractivity (Wildman–Crippen MR) is 126 cm³/mol. The Morgan fingerprint density at radius 3 is 2.38 bits per heavy atom. The van der Waals surface area contributed by atoms with E-state index in [-0.39, 0.29) is 30.4 Å². The van der Waals surface area contributed by atoms with Crippen molar-refractivity contribution in [3.63, 3.8) is 0 Å². The van der Waals surface area contributed by atoms with Crippen molar-refractivity contribution in [1.29, 1.82) is 0 Å². The van der Waals surface area contributed by atoms with Gasteiger partial charge in [0.2, 0.25) is 11.8 Å². The van der Waals surface area contributed by atoms with Crippen LogP contribution in [-0.4, -0.2) is 33.9 Å². The van der Waals surface area contributed by atoms with Crippen molar-refractivity contribution < 1.29 is 9.59 Å². The standard InChI is InChI=1S/C27H29N3O2/c1-3-7-25(31)29(21-15-16-21)18-26(32)30-23-9-5-4-8-22(23)28-17-6-10-24(28)27(30)20-13-11-19(2)12-14-20/h4-6,8-14,17,21,27H,3,7,15-16,18H2,1-2H3. The zero-order valence-corrected chi connectivity index (χ0v) is 18.7. The molecule has 164 valence electrons. The quantitative estimate of drug-likeness (QED) is 0.555. The molecule has 5 nitrogen and oxygen atoms in total. The van der Waals surface area contributed by atoms with Gasteiger partial charge in [0.05, 0.1) is 17.1 Å². The molecule has 2 amide bonds. The molecular formula is C27H29N3O2. The lowest BCUT2D eigenvalue weighted by Gasteiger charge is -2.39. The number of anilines is 1. The zero-order chi connectivity index (χ0) is 22.2. The van der Waals surface area contributed by atoms with Gasteiger partial charge in [0.1, 0.15) is 12.6 Å². The number of aryl methyl sites for hydroxylation is 1. The maximum atomic E-state index is 13.9. The molecule has 2 aliphatic rings. The molecule has 0 bridgehead atoms. The first-order chi connectivity index (χ1) is 15.6. The number of benzene rings is 2. The van der Waals surface area contributed by atoms with Gasteiger partial charge in [-0.05, 0) is 56.0 Å². The highest BCUT2D eigenvalue weighted by molar-refractivity contribution is 6.00. The maximum absolute atomic E-state index is 13.9. The van der Waals surface area contributed by atoms with E-state index < -0.39 is 0 Å². The van der Waals surface area contributed by atoms with E-state index in [1.54, 1.807) is 0 Å². The third-order valence-electron chi connectivity index (χ3n) is 6.46. The molecule has 32 heavy (non-hydrogen) atoms. The summed E-state index contributed by atoms with van der Waals surface area (Å²) in [5.74, 6) is 0.0516. The molecule has 1 aliphatic heterocycles. The van der Waals surface area contributed by atoms with Crippen molar-refractivity contribution in [3.05, 3.63) is 83.7 Å². The summed E-state index contributed by atoms with van der Waals surface area (Å²) >= 11 is 0. The van der Waals surface area contributed by atoms with Gasteiger partial charge in [0, 0.05) is 18.7 Å². The number of fused-ring (bicyclic) bond motifs is 3. The van der Waals surface area contributed by atoms with Crippen molar-refractivity contribution in [2.24, 2.45) is 0 Å². The summed E-state index contributed by atoms with van der Waals surface area (Å²) in [6, 6.07) is 20.5. The highest BCUT2D eigenvalue weighted by atomic mass is 16.2. The second-order valence-corrected chi connectivity index (χ2v) is 8.87. The fourth-order valence-electron chi connectivity index (χ4n) is 4.71. The van der Waals surface area contributed by atoms with Crippen molar-refractivity contribution in [1.82, 2.24) is 9.47 Å². The number of amides is 2. The summed E-state index contributed by atoms with van der Waals surface area (Å²) in [6.45, 7) is 4.20. The third kappa shape index (κ3) is 3.62. The number of nitrogens with zero attached hydrogens (tertiary/aromatic N) is 3. The minimum Gasteiger partial charge on any atom is -0.330 e. The predicted octanol–water partition coefficient (Wildman–Crippen LogP) is 5.01. The van der Waals surface area contributed by atoms with E-state index in [2.05, 4.69) is 48.0 Å². The van der Waals surface area contributed by atoms with Crippen LogP contribution in [-0.2, 0) is 9.59 Å². The van der Waals surface area contributed by atoms with Crippen LogP contribution < -0.4 is 4.90 Å². The van der Waals surface area contributed by atoms with Gasteiger partial charge in [0.25, 0.3) is 0 Å². The van der Waals surface area contributed by atoms with Gasteiger partial charge in [-0.15, -0.1) is 0 Å². The molecule has 0 saturated heterocycles. The number of carbonyl (C=O) groups is 2. The Morgan fingerprint density at radius 2 is 1.69 bits per heavy atom. The lowest BCUT2D eigenvalue weighted by Crippen LogP contribution is -2.47. The van der Waals surface area contributed by atoms with E-state index in [0.29, 0.717) is 6.42 Å². The summed E-state index contributed by atoms with van der Waals surface area (Å²) in [5, 5.41) is 0. The number of carbonyl (C=O) groups excluding carboxylic acids is 2. The molecule has 3 aromatic rings. The molecule has 1 atom stereocenters. The topological polar surface area (TPSA) is 45.6 Å². The monoisotopic (exact) mass is 427 g/mol. The van der Waals surface area contributed by atoms with Gasteiger partial charge in [-0.1, -0.05) is 48.9 Å². The van der Waals surface area contributed by atoms with Crippen LogP contribution in [0.15, 0.2) is 66.9 Å². The summed E-state index contributed by atoms with van der Waals surface area (Å²) < 4.78 is 2.17. The summed E-state index contributed by atoms with van der Waals surface area (Å²) in [7, 11) is 0. The zero-order valence-electron chi connectivity index (χ0n) is 18.7. The second kappa shape index (κ2) is 8.30. The normalized spacial score (nSPS) is 16.9. The molecule has 1 saturated carbocycles. The number of rotatable bonds is 6. The Morgan fingerprint density at radius 1 is 0.969 bits per heavy atom. The smallest absolute Gasteiger partial charge is 0.247 e. The largest absolute Gasteiger partial charge is 0.330 e. The van der Waals surface area contributed by atoms with Crippen molar-refractivity contribution >= 4 is 17.5 Å². The van der Waals surface area contributed by atoms with Crippen LogP contribution in [0.25, 0.3) is 5.69 Å².